The number of fused-ring (bicyclic) bond motifs is 1. The van der Waals surface area contributed by atoms with E-state index in [1.807, 2.05) is 30.3 Å². The first-order chi connectivity index (χ1) is 9.75. The molecule has 0 radical (unpaired) electrons. The Balaban J connectivity index is 1.83. The Morgan fingerprint density at radius 2 is 1.80 bits per heavy atom. The number of nitrogens with zero attached hydrogens (tertiary/aromatic N) is 1. The summed E-state index contributed by atoms with van der Waals surface area (Å²) in [7, 11) is 0. The lowest BCUT2D eigenvalue weighted by atomic mass is 9.95. The SMILES string of the molecule is CC1CCc2ccccc2N1CC(O)c1ccccc1. The number of para-hydroxylation sites is 1. The van der Waals surface area contributed by atoms with Gasteiger partial charge in [-0.3, -0.25) is 0 Å². The van der Waals surface area contributed by atoms with Crippen molar-refractivity contribution in [2.24, 2.45) is 0 Å². The molecule has 0 aromatic heterocycles. The predicted octanol–water partition coefficient (Wildman–Crippen LogP) is 3.56. The summed E-state index contributed by atoms with van der Waals surface area (Å²) in [6, 6.07) is 18.9. The van der Waals surface area contributed by atoms with Crippen molar-refractivity contribution >= 4 is 5.69 Å². The van der Waals surface area contributed by atoms with Crippen LogP contribution in [0.1, 0.15) is 30.6 Å². The molecule has 2 heteroatoms. The first-order valence-electron chi connectivity index (χ1n) is 7.33. The first-order valence-corrected chi connectivity index (χ1v) is 7.33. The fourth-order valence-electron chi connectivity index (χ4n) is 3.01. The number of rotatable bonds is 3. The molecule has 1 aliphatic rings. The molecule has 1 aliphatic heterocycles. The van der Waals surface area contributed by atoms with E-state index in [9.17, 15) is 5.11 Å². The molecule has 2 aromatic rings. The summed E-state index contributed by atoms with van der Waals surface area (Å²) >= 11 is 0. The van der Waals surface area contributed by atoms with Gasteiger partial charge in [0.15, 0.2) is 0 Å². The molecule has 104 valence electrons. The summed E-state index contributed by atoms with van der Waals surface area (Å²) in [4.78, 5) is 2.34. The number of aryl methyl sites for hydroxylation is 1. The molecule has 1 N–H and O–H groups in total. The van der Waals surface area contributed by atoms with Crippen LogP contribution in [-0.2, 0) is 6.42 Å². The van der Waals surface area contributed by atoms with Gasteiger partial charge >= 0.3 is 0 Å². The molecule has 1 heterocycles. The Morgan fingerprint density at radius 1 is 1.10 bits per heavy atom. The lowest BCUT2D eigenvalue weighted by molar-refractivity contribution is 0.179. The van der Waals surface area contributed by atoms with E-state index in [1.54, 1.807) is 0 Å². The zero-order chi connectivity index (χ0) is 13.9. The molecule has 2 aromatic carbocycles. The second kappa shape index (κ2) is 5.68. The van der Waals surface area contributed by atoms with Crippen LogP contribution in [0.25, 0.3) is 0 Å². The van der Waals surface area contributed by atoms with E-state index in [4.69, 9.17) is 0 Å². The maximum absolute atomic E-state index is 10.5. The van der Waals surface area contributed by atoms with E-state index in [2.05, 4.69) is 36.1 Å². The lowest BCUT2D eigenvalue weighted by Gasteiger charge is -2.38. The molecule has 0 aliphatic carbocycles. The van der Waals surface area contributed by atoms with Crippen LogP contribution in [0.15, 0.2) is 54.6 Å². The zero-order valence-electron chi connectivity index (χ0n) is 11.9. The average molecular weight is 267 g/mol. The highest BCUT2D eigenvalue weighted by Gasteiger charge is 2.24. The Hall–Kier alpha value is -1.80. The van der Waals surface area contributed by atoms with Gasteiger partial charge in [-0.15, -0.1) is 0 Å². The highest BCUT2D eigenvalue weighted by molar-refractivity contribution is 5.56. The maximum atomic E-state index is 10.5. The van der Waals surface area contributed by atoms with Crippen molar-refractivity contribution in [2.75, 3.05) is 11.4 Å². The summed E-state index contributed by atoms with van der Waals surface area (Å²) in [5.74, 6) is 0. The fourth-order valence-corrected chi connectivity index (χ4v) is 3.01. The van der Waals surface area contributed by atoms with Crippen LogP contribution in [0.4, 0.5) is 5.69 Å². The second-order valence-electron chi connectivity index (χ2n) is 5.60. The number of hydrogen-bond acceptors (Lipinski definition) is 2. The van der Waals surface area contributed by atoms with Crippen molar-refractivity contribution < 1.29 is 5.11 Å². The van der Waals surface area contributed by atoms with Crippen molar-refractivity contribution in [3.63, 3.8) is 0 Å². The Labute approximate surface area is 120 Å². The summed E-state index contributed by atoms with van der Waals surface area (Å²) in [5.41, 5.74) is 3.66. The molecule has 0 saturated heterocycles. The molecule has 2 unspecified atom stereocenters. The smallest absolute Gasteiger partial charge is 0.0964 e. The third kappa shape index (κ3) is 2.56. The largest absolute Gasteiger partial charge is 0.387 e. The number of hydrogen-bond donors (Lipinski definition) is 1. The third-order valence-corrected chi connectivity index (χ3v) is 4.22. The van der Waals surface area contributed by atoms with Crippen LogP contribution in [0.5, 0.6) is 0 Å². The van der Waals surface area contributed by atoms with Crippen LogP contribution in [0, 0.1) is 0 Å². The molecule has 0 fully saturated rings. The van der Waals surface area contributed by atoms with Crippen molar-refractivity contribution in [1.29, 1.82) is 0 Å². The summed E-state index contributed by atoms with van der Waals surface area (Å²) in [6.07, 6.45) is 1.85. The van der Waals surface area contributed by atoms with Crippen LogP contribution in [-0.4, -0.2) is 17.7 Å². The van der Waals surface area contributed by atoms with Gasteiger partial charge in [-0.05, 0) is 37.0 Å². The fraction of sp³-hybridized carbons (Fsp3) is 0.333. The van der Waals surface area contributed by atoms with Gasteiger partial charge in [-0.2, -0.15) is 0 Å². The van der Waals surface area contributed by atoms with Crippen molar-refractivity contribution in [1.82, 2.24) is 0 Å². The Bertz CT molecular complexity index is 567. The van der Waals surface area contributed by atoms with Crippen LogP contribution in [0.2, 0.25) is 0 Å². The molecule has 0 bridgehead atoms. The molecule has 0 saturated carbocycles. The van der Waals surface area contributed by atoms with Gasteiger partial charge < -0.3 is 10.0 Å². The monoisotopic (exact) mass is 267 g/mol. The number of anilines is 1. The standard InChI is InChI=1S/C18H21NO/c1-14-11-12-15-7-5-6-10-17(15)19(14)13-18(20)16-8-3-2-4-9-16/h2-10,14,18,20H,11-13H2,1H3. The molecule has 0 amide bonds. The molecule has 2 nitrogen and oxygen atoms in total. The average Bonchev–Trinajstić information content (AvgIpc) is 2.51. The topological polar surface area (TPSA) is 23.5 Å². The van der Waals surface area contributed by atoms with Gasteiger partial charge in [-0.25, -0.2) is 0 Å². The van der Waals surface area contributed by atoms with Crippen molar-refractivity contribution in [2.45, 2.75) is 31.9 Å². The minimum absolute atomic E-state index is 0.440. The normalized spacial score (nSPS) is 19.5. The van der Waals surface area contributed by atoms with Crippen LogP contribution < -0.4 is 4.90 Å². The minimum atomic E-state index is -0.440. The molecule has 3 rings (SSSR count). The quantitative estimate of drug-likeness (QED) is 0.919. The lowest BCUT2D eigenvalue weighted by Crippen LogP contribution is -2.40. The van der Waals surface area contributed by atoms with Gasteiger partial charge in [0.2, 0.25) is 0 Å². The van der Waals surface area contributed by atoms with Gasteiger partial charge in [0.1, 0.15) is 0 Å². The molecular formula is C18H21NO. The van der Waals surface area contributed by atoms with Gasteiger partial charge in [-0.1, -0.05) is 48.5 Å². The van der Waals surface area contributed by atoms with Crippen molar-refractivity contribution in [3.05, 3.63) is 65.7 Å². The van der Waals surface area contributed by atoms with Gasteiger partial charge in [0.25, 0.3) is 0 Å². The van der Waals surface area contributed by atoms with E-state index in [0.29, 0.717) is 12.6 Å². The van der Waals surface area contributed by atoms with E-state index < -0.39 is 6.10 Å². The predicted molar refractivity (Wildman–Crippen MR) is 83.0 cm³/mol. The molecule has 0 spiro atoms. The number of aliphatic hydroxyl groups is 1. The highest BCUT2D eigenvalue weighted by Crippen LogP contribution is 2.31. The van der Waals surface area contributed by atoms with Gasteiger partial charge in [0.05, 0.1) is 6.10 Å². The minimum Gasteiger partial charge on any atom is -0.387 e. The zero-order valence-corrected chi connectivity index (χ0v) is 11.9. The molecule has 2 atom stereocenters. The third-order valence-electron chi connectivity index (χ3n) is 4.22. The maximum Gasteiger partial charge on any atom is 0.0964 e. The highest BCUT2D eigenvalue weighted by atomic mass is 16.3. The van der Waals surface area contributed by atoms with E-state index in [0.717, 1.165) is 18.4 Å². The Morgan fingerprint density at radius 3 is 2.60 bits per heavy atom. The summed E-state index contributed by atoms with van der Waals surface area (Å²) in [6.45, 7) is 2.90. The number of aliphatic hydroxyl groups excluding tert-OH is 1. The van der Waals surface area contributed by atoms with E-state index >= 15 is 0 Å². The summed E-state index contributed by atoms with van der Waals surface area (Å²) < 4.78 is 0. The van der Waals surface area contributed by atoms with Crippen LogP contribution in [0.3, 0.4) is 0 Å². The Kier molecular flexibility index (Phi) is 3.75. The molecule has 20 heavy (non-hydrogen) atoms. The van der Waals surface area contributed by atoms with E-state index in [-0.39, 0.29) is 0 Å². The first kappa shape index (κ1) is 13.2. The number of β-amino-alcohol motifs (C(OH)–C–C–N with tert-alkyl or cyclic N) is 1. The summed E-state index contributed by atoms with van der Waals surface area (Å²) in [5, 5.41) is 10.5. The number of benzene rings is 2. The molecular weight excluding hydrogens is 246 g/mol. The van der Waals surface area contributed by atoms with E-state index in [1.165, 1.54) is 11.3 Å². The van der Waals surface area contributed by atoms with Gasteiger partial charge in [0, 0.05) is 18.3 Å². The second-order valence-corrected chi connectivity index (χ2v) is 5.60. The van der Waals surface area contributed by atoms with Crippen LogP contribution >= 0.6 is 0 Å². The van der Waals surface area contributed by atoms with Crippen molar-refractivity contribution in [3.8, 4) is 0 Å².